The van der Waals surface area contributed by atoms with Gasteiger partial charge in [-0.05, 0) is 36.5 Å². The quantitative estimate of drug-likeness (QED) is 0.0725. The minimum absolute atomic E-state index is 0.0441. The van der Waals surface area contributed by atoms with Gasteiger partial charge >= 0.3 is 5.97 Å². The van der Waals surface area contributed by atoms with Crippen LogP contribution in [0.3, 0.4) is 0 Å². The highest BCUT2D eigenvalue weighted by Crippen LogP contribution is 2.19. The number of carbonyl (C=O) groups is 9. The first-order chi connectivity index (χ1) is 31.7. The van der Waals surface area contributed by atoms with Gasteiger partial charge in [-0.15, -0.1) is 0 Å². The fourth-order valence-electron chi connectivity index (χ4n) is 7.41. The number of aliphatic carboxylic acids is 1. The minimum Gasteiger partial charge on any atom is -0.480 e. The third kappa shape index (κ3) is 15.0. The average molecular weight is 912 g/mol. The van der Waals surface area contributed by atoms with Gasteiger partial charge in [0.2, 0.25) is 47.3 Å². The first kappa shape index (κ1) is 49.4. The summed E-state index contributed by atoms with van der Waals surface area (Å²) < 4.78 is 0. The molecule has 1 saturated heterocycles. The van der Waals surface area contributed by atoms with Crippen molar-refractivity contribution in [1.29, 1.82) is 0 Å². The van der Waals surface area contributed by atoms with Crippen molar-refractivity contribution >= 4 is 64.1 Å². The molecule has 0 aliphatic carbocycles. The van der Waals surface area contributed by atoms with Crippen molar-refractivity contribution in [1.82, 2.24) is 57.5 Å². The molecule has 11 N–H and O–H groups in total. The summed E-state index contributed by atoms with van der Waals surface area (Å²) in [7, 11) is 0. The van der Waals surface area contributed by atoms with E-state index in [0.717, 1.165) is 10.9 Å². The van der Waals surface area contributed by atoms with E-state index in [2.05, 4.69) is 57.5 Å². The largest absolute Gasteiger partial charge is 0.480 e. The van der Waals surface area contributed by atoms with Gasteiger partial charge < -0.3 is 57.6 Å². The van der Waals surface area contributed by atoms with E-state index in [0.29, 0.717) is 29.7 Å². The van der Waals surface area contributed by atoms with Crippen molar-refractivity contribution in [2.75, 3.05) is 13.1 Å². The lowest BCUT2D eigenvalue weighted by atomic mass is 10.0. The fraction of sp³-hybridized carbons (Fsp3) is 0.422. The number of unbranched alkanes of at least 4 members (excludes halogenated alkanes) is 1. The Balaban J connectivity index is 1.43. The summed E-state index contributed by atoms with van der Waals surface area (Å²) in [5.74, 6) is -7.27. The maximum Gasteiger partial charge on any atom is 0.326 e. The molecule has 21 heteroatoms. The van der Waals surface area contributed by atoms with Crippen LogP contribution in [0.4, 0.5) is 0 Å². The molecule has 6 atom stereocenters. The summed E-state index contributed by atoms with van der Waals surface area (Å²) in [5, 5.41) is 31.7. The Labute approximate surface area is 380 Å². The third-order valence-corrected chi connectivity index (χ3v) is 10.9. The number of carboxylic acids is 1. The second kappa shape index (κ2) is 24.5. The first-order valence-corrected chi connectivity index (χ1v) is 21.8. The third-order valence-electron chi connectivity index (χ3n) is 10.9. The molecular weight excluding hydrogens is 855 g/mol. The van der Waals surface area contributed by atoms with Crippen molar-refractivity contribution in [3.63, 3.8) is 0 Å². The molecule has 0 radical (unpaired) electrons. The molecule has 0 bridgehead atoms. The molecular formula is C45H57N11O10. The van der Waals surface area contributed by atoms with E-state index >= 15 is 0 Å². The Morgan fingerprint density at radius 1 is 0.803 bits per heavy atom. The molecule has 66 heavy (non-hydrogen) atoms. The zero-order chi connectivity index (χ0) is 47.6. The number of para-hydroxylation sites is 1. The second-order valence-electron chi connectivity index (χ2n) is 16.0. The Morgan fingerprint density at radius 2 is 1.53 bits per heavy atom. The highest BCUT2D eigenvalue weighted by molar-refractivity contribution is 5.97. The van der Waals surface area contributed by atoms with Gasteiger partial charge in [-0.2, -0.15) is 0 Å². The monoisotopic (exact) mass is 911 g/mol. The van der Waals surface area contributed by atoms with Gasteiger partial charge in [-0.25, -0.2) is 9.78 Å². The van der Waals surface area contributed by atoms with Gasteiger partial charge in [0.05, 0.1) is 12.9 Å². The summed E-state index contributed by atoms with van der Waals surface area (Å²) in [5.41, 5.74) is 2.47. The van der Waals surface area contributed by atoms with Gasteiger partial charge in [0.25, 0.3) is 0 Å². The van der Waals surface area contributed by atoms with Crippen molar-refractivity contribution in [3.8, 4) is 0 Å². The molecule has 0 spiro atoms. The molecule has 2 aromatic heterocycles. The van der Waals surface area contributed by atoms with Gasteiger partial charge in [-0.1, -0.05) is 68.3 Å². The number of carbonyl (C=O) groups excluding carboxylic acids is 8. The number of nitrogens with zero attached hydrogens (tertiary/aromatic N) is 1. The number of imidazole rings is 1. The van der Waals surface area contributed by atoms with Crippen LogP contribution in [0, 0.1) is 0 Å². The van der Waals surface area contributed by atoms with E-state index in [4.69, 9.17) is 0 Å². The first-order valence-electron chi connectivity index (χ1n) is 21.8. The number of benzene rings is 2. The molecule has 8 amide bonds. The van der Waals surface area contributed by atoms with Crippen LogP contribution in [0.25, 0.3) is 10.9 Å². The number of carboxylic acid groups (broad SMARTS) is 1. The van der Waals surface area contributed by atoms with Crippen LogP contribution in [0.15, 0.2) is 73.3 Å². The van der Waals surface area contributed by atoms with Gasteiger partial charge in [0, 0.05) is 68.1 Å². The number of hydrogen-bond donors (Lipinski definition) is 11. The van der Waals surface area contributed by atoms with Gasteiger partial charge in [-0.3, -0.25) is 38.4 Å². The molecule has 1 aliphatic heterocycles. The van der Waals surface area contributed by atoms with Gasteiger partial charge in [0.15, 0.2) is 0 Å². The van der Waals surface area contributed by atoms with Crippen LogP contribution in [0.1, 0.15) is 69.2 Å². The number of H-pyrrole nitrogens is 2. The second-order valence-corrected chi connectivity index (χ2v) is 16.0. The number of nitrogens with one attached hydrogen (secondary N) is 10. The fourth-order valence-corrected chi connectivity index (χ4v) is 7.41. The SMILES string of the molecule is CCCC[C@H](NC(C)=O)C(=O)NC1CCC(=O)NCCC(C(=O)N[C@@H](Cc2c[nH]c3ccccc23)C(=O)O)NC(=O)CNC(=O)C(Cc2ccccc2)NC(=O)[C@H](Cc2cnc[nH]2)NC1=O. The number of rotatable bonds is 15. The van der Waals surface area contributed by atoms with Crippen LogP contribution in [-0.4, -0.2) is 123 Å². The lowest BCUT2D eigenvalue weighted by Gasteiger charge is -2.26. The molecule has 3 unspecified atom stereocenters. The Morgan fingerprint density at radius 3 is 2.24 bits per heavy atom. The number of aromatic nitrogens is 3. The highest BCUT2D eigenvalue weighted by atomic mass is 16.4. The van der Waals surface area contributed by atoms with Crippen LogP contribution in [0.2, 0.25) is 0 Å². The highest BCUT2D eigenvalue weighted by Gasteiger charge is 2.33. The maximum atomic E-state index is 14.2. The number of fused-ring (bicyclic) bond motifs is 1. The summed E-state index contributed by atoms with van der Waals surface area (Å²) >= 11 is 0. The lowest BCUT2D eigenvalue weighted by molar-refractivity contribution is -0.142. The number of amides is 8. The number of aromatic amines is 2. The van der Waals surface area contributed by atoms with Crippen molar-refractivity contribution in [2.45, 2.75) is 108 Å². The Kier molecular flexibility index (Phi) is 18.3. The normalized spacial score (nSPS) is 20.1. The van der Waals surface area contributed by atoms with E-state index in [-0.39, 0.29) is 51.5 Å². The molecule has 1 aliphatic rings. The van der Waals surface area contributed by atoms with E-state index in [1.165, 1.54) is 19.4 Å². The molecule has 21 nitrogen and oxygen atoms in total. The van der Waals surface area contributed by atoms with Crippen LogP contribution < -0.4 is 42.5 Å². The van der Waals surface area contributed by atoms with E-state index in [1.54, 1.807) is 48.7 Å². The van der Waals surface area contributed by atoms with Crippen LogP contribution >= 0.6 is 0 Å². The van der Waals surface area contributed by atoms with E-state index < -0.39 is 96.0 Å². The van der Waals surface area contributed by atoms with E-state index in [1.807, 2.05) is 19.1 Å². The summed E-state index contributed by atoms with van der Waals surface area (Å²) in [4.78, 5) is 131. The van der Waals surface area contributed by atoms with Crippen LogP contribution in [0.5, 0.6) is 0 Å². The standard InChI is InChI=1S/C45H57N11O10/c1-3-4-13-32(51-26(2)57)41(61)53-33-15-16-38(58)47-18-17-34(43(63)56-37(45(65)66)20-28-22-48-31-14-9-8-12-30(28)31)52-39(59)24-49-40(60)35(19-27-10-6-5-7-11-27)54-44(64)36(55-42(33)62)21-29-23-46-25-50-29/h5-12,14,22-23,25,32-37,48H,3-4,13,15-21,24H2,1-2H3,(H,46,50)(H,47,58)(H,49,60)(H,51,57)(H,52,59)(H,53,61)(H,54,64)(H,55,62)(H,56,63)(H,65,66)/t32-,33?,34?,35?,36-,37-/m0/s1. The summed E-state index contributed by atoms with van der Waals surface area (Å²) in [6, 6.07) is 8.02. The van der Waals surface area contributed by atoms with Crippen molar-refractivity contribution in [2.24, 2.45) is 0 Å². The molecule has 352 valence electrons. The zero-order valence-corrected chi connectivity index (χ0v) is 36.7. The maximum absolute atomic E-state index is 14.2. The molecule has 2 aromatic carbocycles. The molecule has 3 heterocycles. The predicted molar refractivity (Wildman–Crippen MR) is 239 cm³/mol. The molecule has 5 rings (SSSR count). The molecule has 1 fully saturated rings. The Bertz CT molecular complexity index is 2340. The average Bonchev–Trinajstić information content (AvgIpc) is 3.97. The smallest absolute Gasteiger partial charge is 0.326 e. The number of hydrogen-bond acceptors (Lipinski definition) is 10. The summed E-state index contributed by atoms with van der Waals surface area (Å²) in [6.07, 6.45) is 4.85. The van der Waals surface area contributed by atoms with Crippen LogP contribution in [-0.2, 0) is 62.4 Å². The van der Waals surface area contributed by atoms with E-state index in [9.17, 15) is 48.3 Å². The Hall–Kier alpha value is -7.58. The van der Waals surface area contributed by atoms with Crippen molar-refractivity contribution < 1.29 is 48.3 Å². The minimum atomic E-state index is -1.43. The summed E-state index contributed by atoms with van der Waals surface area (Å²) in [6.45, 7) is 2.28. The van der Waals surface area contributed by atoms with Crippen molar-refractivity contribution in [3.05, 3.63) is 90.1 Å². The predicted octanol–water partition coefficient (Wildman–Crippen LogP) is -0.461. The van der Waals surface area contributed by atoms with Gasteiger partial charge in [0.1, 0.15) is 36.3 Å². The molecule has 0 saturated carbocycles. The lowest BCUT2D eigenvalue weighted by Crippen LogP contribution is -2.59. The zero-order valence-electron chi connectivity index (χ0n) is 36.7. The molecule has 4 aromatic rings. The topological polar surface area (TPSA) is 315 Å².